The van der Waals surface area contributed by atoms with Crippen LogP contribution in [-0.2, 0) is 11.2 Å². The Hall–Kier alpha value is -2.91. The molecule has 0 aliphatic heterocycles. The Kier molecular flexibility index (Phi) is 10.5. The maximum absolute atomic E-state index is 13.5. The van der Waals surface area contributed by atoms with E-state index in [1.54, 1.807) is 12.2 Å². The van der Waals surface area contributed by atoms with E-state index in [1.165, 1.54) is 5.56 Å². The zero-order chi connectivity index (χ0) is 22.5. The third-order valence-corrected chi connectivity index (χ3v) is 5.49. The fraction of sp³-hybridized carbons (Fsp3) is 0.321. The summed E-state index contributed by atoms with van der Waals surface area (Å²) in [7, 11) is 0. The van der Waals surface area contributed by atoms with Gasteiger partial charge in [-0.05, 0) is 54.8 Å². The van der Waals surface area contributed by atoms with Crippen LogP contribution in [0.1, 0.15) is 43.2 Å². The quantitative estimate of drug-likeness (QED) is 0.420. The van der Waals surface area contributed by atoms with E-state index in [0.29, 0.717) is 12.5 Å². The van der Waals surface area contributed by atoms with Gasteiger partial charge in [-0.15, -0.1) is 0 Å². The SMILES string of the molecule is C=C/C=C(\C=C)C(C(=O)N[C@H](CCCN)C[C@H](C)Cc1ccccc1)c1ccccc1. The molecular weight excluding hydrogens is 380 g/mol. The first-order chi connectivity index (χ1) is 15.1. The first-order valence-electron chi connectivity index (χ1n) is 11.1. The van der Waals surface area contributed by atoms with Gasteiger partial charge >= 0.3 is 0 Å². The first kappa shape index (κ1) is 24.4. The van der Waals surface area contributed by atoms with Crippen molar-refractivity contribution in [1.82, 2.24) is 5.32 Å². The number of hydrogen-bond donors (Lipinski definition) is 2. The molecule has 0 radical (unpaired) electrons. The van der Waals surface area contributed by atoms with Crippen LogP contribution in [0.4, 0.5) is 0 Å². The number of carbonyl (C=O) groups excluding carboxylic acids is 1. The van der Waals surface area contributed by atoms with Gasteiger partial charge in [0.1, 0.15) is 0 Å². The minimum absolute atomic E-state index is 0.00636. The largest absolute Gasteiger partial charge is 0.353 e. The fourth-order valence-electron chi connectivity index (χ4n) is 4.04. The summed E-state index contributed by atoms with van der Waals surface area (Å²) in [4.78, 5) is 13.5. The number of amides is 1. The molecule has 1 amide bonds. The molecule has 3 atom stereocenters. The molecule has 3 nitrogen and oxygen atoms in total. The summed E-state index contributed by atoms with van der Waals surface area (Å²) < 4.78 is 0. The molecule has 0 bridgehead atoms. The van der Waals surface area contributed by atoms with Crippen LogP contribution in [0.3, 0.4) is 0 Å². The summed E-state index contributed by atoms with van der Waals surface area (Å²) in [5, 5.41) is 3.32. The summed E-state index contributed by atoms with van der Waals surface area (Å²) in [6.45, 7) is 10.6. The van der Waals surface area contributed by atoms with Crippen molar-refractivity contribution in [3.8, 4) is 0 Å². The molecule has 1 unspecified atom stereocenters. The van der Waals surface area contributed by atoms with Crippen LogP contribution >= 0.6 is 0 Å². The average molecular weight is 417 g/mol. The van der Waals surface area contributed by atoms with Crippen LogP contribution in [0.5, 0.6) is 0 Å². The van der Waals surface area contributed by atoms with Crippen molar-refractivity contribution in [3.05, 3.63) is 109 Å². The normalized spacial score (nSPS) is 14.3. The van der Waals surface area contributed by atoms with Crippen molar-refractivity contribution < 1.29 is 4.79 Å². The third-order valence-electron chi connectivity index (χ3n) is 5.49. The van der Waals surface area contributed by atoms with E-state index < -0.39 is 5.92 Å². The summed E-state index contributed by atoms with van der Waals surface area (Å²) in [6.07, 6.45) is 8.97. The van der Waals surface area contributed by atoms with Crippen LogP contribution in [0.2, 0.25) is 0 Å². The molecule has 2 aromatic rings. The fourth-order valence-corrected chi connectivity index (χ4v) is 4.04. The van der Waals surface area contributed by atoms with Gasteiger partial charge in [0, 0.05) is 6.04 Å². The molecule has 0 saturated heterocycles. The molecule has 0 fully saturated rings. The zero-order valence-electron chi connectivity index (χ0n) is 18.7. The lowest BCUT2D eigenvalue weighted by Gasteiger charge is -2.26. The van der Waals surface area contributed by atoms with E-state index in [1.807, 2.05) is 42.5 Å². The monoisotopic (exact) mass is 416 g/mol. The van der Waals surface area contributed by atoms with Crippen molar-refractivity contribution in [2.24, 2.45) is 11.7 Å². The van der Waals surface area contributed by atoms with Crippen LogP contribution in [0.15, 0.2) is 97.6 Å². The highest BCUT2D eigenvalue weighted by atomic mass is 16.1. The lowest BCUT2D eigenvalue weighted by Crippen LogP contribution is -2.40. The Morgan fingerprint density at radius 3 is 2.29 bits per heavy atom. The maximum Gasteiger partial charge on any atom is 0.232 e. The van der Waals surface area contributed by atoms with Crippen molar-refractivity contribution in [3.63, 3.8) is 0 Å². The van der Waals surface area contributed by atoms with Crippen molar-refractivity contribution in [2.75, 3.05) is 6.54 Å². The maximum atomic E-state index is 13.5. The number of carbonyl (C=O) groups is 1. The predicted molar refractivity (Wildman–Crippen MR) is 132 cm³/mol. The summed E-state index contributed by atoms with van der Waals surface area (Å²) in [6, 6.07) is 20.4. The third kappa shape index (κ3) is 8.03. The van der Waals surface area contributed by atoms with Gasteiger partial charge in [0.05, 0.1) is 5.92 Å². The molecule has 0 aromatic heterocycles. The second-order valence-corrected chi connectivity index (χ2v) is 8.12. The zero-order valence-corrected chi connectivity index (χ0v) is 18.7. The highest BCUT2D eigenvalue weighted by Gasteiger charge is 2.26. The minimum Gasteiger partial charge on any atom is -0.353 e. The molecule has 0 saturated carbocycles. The molecule has 164 valence electrons. The lowest BCUT2D eigenvalue weighted by atomic mass is 9.88. The second-order valence-electron chi connectivity index (χ2n) is 8.12. The Labute approximate surface area is 187 Å². The molecule has 2 rings (SSSR count). The number of rotatable bonds is 13. The van der Waals surface area contributed by atoms with Gasteiger partial charge in [0.15, 0.2) is 0 Å². The molecule has 0 aliphatic carbocycles. The van der Waals surface area contributed by atoms with Gasteiger partial charge in [0.25, 0.3) is 0 Å². The van der Waals surface area contributed by atoms with Crippen LogP contribution in [-0.4, -0.2) is 18.5 Å². The summed E-state index contributed by atoms with van der Waals surface area (Å²) in [5.41, 5.74) is 8.89. The van der Waals surface area contributed by atoms with Crippen molar-refractivity contribution in [1.29, 1.82) is 0 Å². The molecule has 0 spiro atoms. The molecule has 3 N–H and O–H groups in total. The molecule has 2 aromatic carbocycles. The summed E-state index contributed by atoms with van der Waals surface area (Å²) >= 11 is 0. The molecular formula is C28H36N2O. The molecule has 0 heterocycles. The van der Waals surface area contributed by atoms with Gasteiger partial charge in [-0.1, -0.05) is 99.0 Å². The summed E-state index contributed by atoms with van der Waals surface area (Å²) in [5.74, 6) is 0.0258. The first-order valence-corrected chi connectivity index (χ1v) is 11.1. The minimum atomic E-state index is -0.415. The van der Waals surface area contributed by atoms with E-state index >= 15 is 0 Å². The van der Waals surface area contributed by atoms with Crippen LogP contribution < -0.4 is 11.1 Å². The Bertz CT molecular complexity index is 842. The molecule has 31 heavy (non-hydrogen) atoms. The van der Waals surface area contributed by atoms with Crippen LogP contribution in [0, 0.1) is 5.92 Å². The second kappa shape index (κ2) is 13.4. The number of allylic oxidation sites excluding steroid dienone is 3. The van der Waals surface area contributed by atoms with E-state index in [0.717, 1.165) is 36.8 Å². The van der Waals surface area contributed by atoms with E-state index in [2.05, 4.69) is 49.7 Å². The van der Waals surface area contributed by atoms with Gasteiger partial charge in [-0.2, -0.15) is 0 Å². The van der Waals surface area contributed by atoms with Gasteiger partial charge < -0.3 is 11.1 Å². The Morgan fingerprint density at radius 1 is 1.06 bits per heavy atom. The lowest BCUT2D eigenvalue weighted by molar-refractivity contribution is -0.122. The van der Waals surface area contributed by atoms with Crippen molar-refractivity contribution >= 4 is 5.91 Å². The number of benzene rings is 2. The predicted octanol–water partition coefficient (Wildman–Crippen LogP) is 5.56. The molecule has 3 heteroatoms. The van der Waals surface area contributed by atoms with Gasteiger partial charge in [0.2, 0.25) is 5.91 Å². The number of nitrogens with two attached hydrogens (primary N) is 1. The standard InChI is InChI=1S/C28H36N2O/c1-4-13-24(5-2)27(25-16-10-7-11-17-25)28(31)30-26(18-12-19-29)21-22(3)20-23-14-8-6-9-15-23/h4-11,13-17,22,26-27H,1-2,12,18-21,29H2,3H3,(H,30,31)/b24-13+/t22-,26-,27?/m1/s1. The van der Waals surface area contributed by atoms with E-state index in [4.69, 9.17) is 5.73 Å². The average Bonchev–Trinajstić information content (AvgIpc) is 2.78. The number of hydrogen-bond acceptors (Lipinski definition) is 2. The van der Waals surface area contributed by atoms with Crippen molar-refractivity contribution in [2.45, 2.75) is 44.6 Å². The van der Waals surface area contributed by atoms with Crippen LogP contribution in [0.25, 0.3) is 0 Å². The molecule has 0 aliphatic rings. The van der Waals surface area contributed by atoms with E-state index in [-0.39, 0.29) is 11.9 Å². The number of nitrogens with one attached hydrogen (secondary N) is 1. The highest BCUT2D eigenvalue weighted by molar-refractivity contribution is 5.88. The van der Waals surface area contributed by atoms with Gasteiger partial charge in [-0.3, -0.25) is 4.79 Å². The van der Waals surface area contributed by atoms with Gasteiger partial charge in [-0.25, -0.2) is 0 Å². The topological polar surface area (TPSA) is 55.1 Å². The van der Waals surface area contributed by atoms with E-state index in [9.17, 15) is 4.79 Å². The Morgan fingerprint density at radius 2 is 1.71 bits per heavy atom. The Balaban J connectivity index is 2.17. The smallest absolute Gasteiger partial charge is 0.232 e. The highest BCUT2D eigenvalue weighted by Crippen LogP contribution is 2.27.